The summed E-state index contributed by atoms with van der Waals surface area (Å²) in [5, 5.41) is 10.2. The zero-order chi connectivity index (χ0) is 18.6. The second-order valence-corrected chi connectivity index (χ2v) is 7.00. The summed E-state index contributed by atoms with van der Waals surface area (Å²) in [6, 6.07) is 7.58. The van der Waals surface area contributed by atoms with Crippen LogP contribution in [0.3, 0.4) is 0 Å². The number of nitrogens with two attached hydrogens (primary N) is 1. The van der Waals surface area contributed by atoms with Crippen LogP contribution in [0.5, 0.6) is 0 Å². The first-order valence-electron chi connectivity index (χ1n) is 8.20. The summed E-state index contributed by atoms with van der Waals surface area (Å²) < 4.78 is 0. The number of carbonyl (C=O) groups is 2. The van der Waals surface area contributed by atoms with Crippen LogP contribution in [0.25, 0.3) is 0 Å². The van der Waals surface area contributed by atoms with Crippen LogP contribution in [0.2, 0.25) is 5.02 Å². The van der Waals surface area contributed by atoms with Crippen molar-refractivity contribution >= 4 is 29.1 Å². The maximum Gasteiger partial charge on any atom is 0.271 e. The number of aromatic amines is 1. The standard InChI is InChI=1S/C18H23ClN4O2/c1-10(2)15-16(17(18(20)25)23-22-15)21-14(24)9-11(3)8-12-4-6-13(19)7-5-12/h4-7,10-11H,8-9H2,1-3H3,(H2,20,25)(H,21,24)(H,22,23). The second-order valence-electron chi connectivity index (χ2n) is 6.57. The lowest BCUT2D eigenvalue weighted by molar-refractivity contribution is -0.116. The van der Waals surface area contributed by atoms with Crippen LogP contribution in [0.15, 0.2) is 24.3 Å². The van der Waals surface area contributed by atoms with Crippen molar-refractivity contribution in [2.24, 2.45) is 11.7 Å². The van der Waals surface area contributed by atoms with E-state index in [-0.39, 0.29) is 23.4 Å². The number of aromatic nitrogens is 2. The van der Waals surface area contributed by atoms with Gasteiger partial charge in [-0.05, 0) is 36.0 Å². The molecular formula is C18H23ClN4O2. The Morgan fingerprint density at radius 3 is 2.44 bits per heavy atom. The van der Waals surface area contributed by atoms with Crippen molar-refractivity contribution in [2.45, 2.75) is 39.5 Å². The molecule has 1 heterocycles. The Labute approximate surface area is 152 Å². The smallest absolute Gasteiger partial charge is 0.271 e. The Bertz CT molecular complexity index is 753. The average Bonchev–Trinajstić information content (AvgIpc) is 2.93. The van der Waals surface area contributed by atoms with E-state index in [1.165, 1.54) is 0 Å². The Morgan fingerprint density at radius 1 is 1.24 bits per heavy atom. The molecule has 0 saturated carbocycles. The van der Waals surface area contributed by atoms with Crippen LogP contribution in [0.1, 0.15) is 54.9 Å². The van der Waals surface area contributed by atoms with Crippen molar-refractivity contribution < 1.29 is 9.59 Å². The summed E-state index contributed by atoms with van der Waals surface area (Å²) in [6.45, 7) is 5.89. The van der Waals surface area contributed by atoms with E-state index < -0.39 is 5.91 Å². The topological polar surface area (TPSA) is 101 Å². The fraction of sp³-hybridized carbons (Fsp3) is 0.389. The van der Waals surface area contributed by atoms with Crippen molar-refractivity contribution in [3.63, 3.8) is 0 Å². The average molecular weight is 363 g/mol. The molecule has 25 heavy (non-hydrogen) atoms. The molecule has 0 saturated heterocycles. The highest BCUT2D eigenvalue weighted by molar-refractivity contribution is 6.30. The Kier molecular flexibility index (Phi) is 6.20. The fourth-order valence-corrected chi connectivity index (χ4v) is 2.81. The molecule has 1 aromatic heterocycles. The second kappa shape index (κ2) is 8.16. The van der Waals surface area contributed by atoms with E-state index in [0.717, 1.165) is 12.0 Å². The number of hydrogen-bond acceptors (Lipinski definition) is 3. The lowest BCUT2D eigenvalue weighted by Gasteiger charge is -2.13. The Hall–Kier alpha value is -2.34. The number of rotatable bonds is 7. The Morgan fingerprint density at radius 2 is 1.88 bits per heavy atom. The molecule has 0 radical (unpaired) electrons. The highest BCUT2D eigenvalue weighted by Gasteiger charge is 2.22. The molecule has 1 aromatic carbocycles. The van der Waals surface area contributed by atoms with E-state index in [0.29, 0.717) is 22.8 Å². The first-order valence-corrected chi connectivity index (χ1v) is 8.58. The molecule has 2 amide bonds. The first kappa shape index (κ1) is 19.0. The molecule has 2 aromatic rings. The van der Waals surface area contributed by atoms with Gasteiger partial charge in [-0.3, -0.25) is 14.7 Å². The molecule has 0 spiro atoms. The normalized spacial score (nSPS) is 12.2. The molecule has 7 heteroatoms. The minimum atomic E-state index is -0.673. The van der Waals surface area contributed by atoms with Crippen molar-refractivity contribution in [1.29, 1.82) is 0 Å². The number of primary amides is 1. The van der Waals surface area contributed by atoms with Gasteiger partial charge in [0, 0.05) is 11.4 Å². The number of carbonyl (C=O) groups excluding carboxylic acids is 2. The van der Waals surface area contributed by atoms with Crippen molar-refractivity contribution in [2.75, 3.05) is 5.32 Å². The quantitative estimate of drug-likeness (QED) is 0.702. The van der Waals surface area contributed by atoms with Crippen LogP contribution in [-0.4, -0.2) is 22.0 Å². The molecule has 1 unspecified atom stereocenters. The molecular weight excluding hydrogens is 340 g/mol. The maximum absolute atomic E-state index is 12.4. The summed E-state index contributed by atoms with van der Waals surface area (Å²) in [4.78, 5) is 23.9. The number of hydrogen-bond donors (Lipinski definition) is 3. The van der Waals surface area contributed by atoms with Crippen LogP contribution in [0.4, 0.5) is 5.69 Å². The number of H-pyrrole nitrogens is 1. The number of nitrogens with one attached hydrogen (secondary N) is 2. The summed E-state index contributed by atoms with van der Waals surface area (Å²) in [6.07, 6.45) is 1.08. The predicted octanol–water partition coefficient (Wildman–Crippen LogP) is 3.49. The van der Waals surface area contributed by atoms with E-state index in [2.05, 4.69) is 15.5 Å². The zero-order valence-electron chi connectivity index (χ0n) is 14.6. The molecule has 0 fully saturated rings. The van der Waals surface area contributed by atoms with E-state index in [4.69, 9.17) is 17.3 Å². The minimum Gasteiger partial charge on any atom is -0.364 e. The van der Waals surface area contributed by atoms with Crippen LogP contribution in [0, 0.1) is 5.92 Å². The Balaban J connectivity index is 2.03. The van der Waals surface area contributed by atoms with Crippen molar-refractivity contribution in [3.8, 4) is 0 Å². The van der Waals surface area contributed by atoms with Crippen molar-refractivity contribution in [3.05, 3.63) is 46.2 Å². The van der Waals surface area contributed by atoms with Gasteiger partial charge in [-0.2, -0.15) is 5.10 Å². The first-order chi connectivity index (χ1) is 11.8. The molecule has 0 bridgehead atoms. The van der Waals surface area contributed by atoms with Gasteiger partial charge in [0.1, 0.15) is 0 Å². The molecule has 0 aliphatic carbocycles. The molecule has 2 rings (SSSR count). The van der Waals surface area contributed by atoms with E-state index in [9.17, 15) is 9.59 Å². The summed E-state index contributed by atoms with van der Waals surface area (Å²) in [7, 11) is 0. The van der Waals surface area contributed by atoms with Gasteiger partial charge in [-0.15, -0.1) is 0 Å². The number of nitrogens with zero attached hydrogens (tertiary/aromatic N) is 1. The molecule has 0 aliphatic heterocycles. The van der Waals surface area contributed by atoms with Gasteiger partial charge in [0.2, 0.25) is 5.91 Å². The minimum absolute atomic E-state index is 0.0578. The number of anilines is 1. The molecule has 1 atom stereocenters. The van der Waals surface area contributed by atoms with Gasteiger partial charge < -0.3 is 11.1 Å². The predicted molar refractivity (Wildman–Crippen MR) is 98.8 cm³/mol. The summed E-state index contributed by atoms with van der Waals surface area (Å²) in [5.74, 6) is -0.644. The molecule has 134 valence electrons. The molecule has 4 N–H and O–H groups in total. The third kappa shape index (κ3) is 5.06. The lowest BCUT2D eigenvalue weighted by atomic mass is 9.97. The van der Waals surface area contributed by atoms with Crippen molar-refractivity contribution in [1.82, 2.24) is 10.2 Å². The maximum atomic E-state index is 12.4. The van der Waals surface area contributed by atoms with E-state index in [1.54, 1.807) is 0 Å². The largest absolute Gasteiger partial charge is 0.364 e. The van der Waals surface area contributed by atoms with Crippen LogP contribution in [-0.2, 0) is 11.2 Å². The lowest BCUT2D eigenvalue weighted by Crippen LogP contribution is -2.20. The van der Waals surface area contributed by atoms with Gasteiger partial charge in [0.25, 0.3) is 5.91 Å². The van der Waals surface area contributed by atoms with Crippen LogP contribution >= 0.6 is 11.6 Å². The SMILES string of the molecule is CC(CC(=O)Nc1c(C(N)=O)n[nH]c1C(C)C)Cc1ccc(Cl)cc1. The zero-order valence-corrected chi connectivity index (χ0v) is 15.4. The fourth-order valence-electron chi connectivity index (χ4n) is 2.68. The number of halogens is 1. The van der Waals surface area contributed by atoms with Gasteiger partial charge in [0.05, 0.1) is 11.4 Å². The number of amides is 2. The number of benzene rings is 1. The van der Waals surface area contributed by atoms with Gasteiger partial charge >= 0.3 is 0 Å². The highest BCUT2D eigenvalue weighted by atomic mass is 35.5. The highest BCUT2D eigenvalue weighted by Crippen LogP contribution is 2.26. The third-order valence-corrected chi connectivity index (χ3v) is 4.15. The van der Waals surface area contributed by atoms with Gasteiger partial charge in [-0.25, -0.2) is 0 Å². The summed E-state index contributed by atoms with van der Waals surface area (Å²) >= 11 is 5.88. The summed E-state index contributed by atoms with van der Waals surface area (Å²) in [5.41, 5.74) is 7.58. The third-order valence-electron chi connectivity index (χ3n) is 3.90. The van der Waals surface area contributed by atoms with Gasteiger partial charge in [0.15, 0.2) is 5.69 Å². The van der Waals surface area contributed by atoms with E-state index in [1.807, 2.05) is 45.0 Å². The molecule has 0 aliphatic rings. The van der Waals surface area contributed by atoms with Gasteiger partial charge in [-0.1, -0.05) is 44.5 Å². The van der Waals surface area contributed by atoms with Crippen LogP contribution < -0.4 is 11.1 Å². The van der Waals surface area contributed by atoms with E-state index >= 15 is 0 Å². The monoisotopic (exact) mass is 362 g/mol. The molecule has 6 nitrogen and oxygen atoms in total.